The van der Waals surface area contributed by atoms with Crippen molar-refractivity contribution in [3.63, 3.8) is 0 Å². The number of rotatable bonds is 6. The molecule has 5 nitrogen and oxygen atoms in total. The van der Waals surface area contributed by atoms with Crippen LogP contribution in [0, 0.1) is 0 Å². The number of aromatic nitrogens is 1. The van der Waals surface area contributed by atoms with E-state index in [1.54, 1.807) is 24.3 Å². The number of aromatic amines is 1. The summed E-state index contributed by atoms with van der Waals surface area (Å²) in [5, 5.41) is 5.35. The van der Waals surface area contributed by atoms with Crippen molar-refractivity contribution < 1.29 is 9.59 Å². The lowest BCUT2D eigenvalue weighted by Gasteiger charge is -2.06. The summed E-state index contributed by atoms with van der Waals surface area (Å²) in [5.74, 6) is -0.434. The van der Waals surface area contributed by atoms with Crippen LogP contribution in [-0.4, -0.2) is 29.9 Å². The van der Waals surface area contributed by atoms with E-state index in [2.05, 4.69) is 15.6 Å². The minimum atomic E-state index is -0.244. The lowest BCUT2D eigenvalue weighted by atomic mass is 10.2. The van der Waals surface area contributed by atoms with Gasteiger partial charge in [-0.1, -0.05) is 18.2 Å². The van der Waals surface area contributed by atoms with Crippen molar-refractivity contribution in [2.45, 2.75) is 6.42 Å². The fourth-order valence-corrected chi connectivity index (χ4v) is 1.77. The number of hydrogen-bond donors (Lipinski definition) is 3. The molecule has 0 fully saturated rings. The van der Waals surface area contributed by atoms with E-state index in [4.69, 9.17) is 0 Å². The van der Waals surface area contributed by atoms with Crippen LogP contribution in [0.3, 0.4) is 0 Å². The van der Waals surface area contributed by atoms with Gasteiger partial charge < -0.3 is 15.6 Å². The molecule has 0 atom stereocenters. The van der Waals surface area contributed by atoms with Gasteiger partial charge in [-0.15, -0.1) is 0 Å². The summed E-state index contributed by atoms with van der Waals surface area (Å²) in [6, 6.07) is 10.8. The Morgan fingerprint density at radius 2 is 1.85 bits per heavy atom. The van der Waals surface area contributed by atoms with E-state index in [9.17, 15) is 9.59 Å². The summed E-state index contributed by atoms with van der Waals surface area (Å²) in [6.45, 7) is 0.540. The topological polar surface area (TPSA) is 74.0 Å². The molecule has 2 rings (SSSR count). The standard InChI is InChI=1S/C15H17N3O2/c19-14(17-9-7-12-6-8-16-10-12)11-18-15(20)13-4-2-1-3-5-13/h1-6,8,10,16H,7,9,11H2,(H,17,19)(H,18,20). The SMILES string of the molecule is O=C(CNC(=O)c1ccccc1)NCCc1cc[nH]c1. The minimum Gasteiger partial charge on any atom is -0.367 e. The highest BCUT2D eigenvalue weighted by molar-refractivity contribution is 5.96. The number of carbonyl (C=O) groups is 2. The number of carbonyl (C=O) groups excluding carboxylic acids is 2. The van der Waals surface area contributed by atoms with Gasteiger partial charge in [-0.25, -0.2) is 0 Å². The Bertz CT molecular complexity index is 550. The van der Waals surface area contributed by atoms with Gasteiger partial charge >= 0.3 is 0 Å². The van der Waals surface area contributed by atoms with Gasteiger partial charge in [0.05, 0.1) is 6.54 Å². The molecule has 2 aromatic rings. The third-order valence-electron chi connectivity index (χ3n) is 2.84. The van der Waals surface area contributed by atoms with Crippen molar-refractivity contribution in [3.8, 4) is 0 Å². The maximum atomic E-state index is 11.7. The fraction of sp³-hybridized carbons (Fsp3) is 0.200. The van der Waals surface area contributed by atoms with Crippen LogP contribution in [0.15, 0.2) is 48.8 Å². The number of benzene rings is 1. The molecule has 0 aliphatic heterocycles. The lowest BCUT2D eigenvalue weighted by Crippen LogP contribution is -2.37. The highest BCUT2D eigenvalue weighted by atomic mass is 16.2. The predicted octanol–water partition coefficient (Wildman–Crippen LogP) is 1.10. The molecule has 1 aromatic carbocycles. The Kier molecular flexibility index (Phi) is 4.94. The van der Waals surface area contributed by atoms with Crippen LogP contribution in [0.5, 0.6) is 0 Å². The second-order valence-electron chi connectivity index (χ2n) is 4.37. The van der Waals surface area contributed by atoms with Gasteiger partial charge in [0.25, 0.3) is 5.91 Å². The van der Waals surface area contributed by atoms with E-state index >= 15 is 0 Å². The van der Waals surface area contributed by atoms with E-state index in [1.807, 2.05) is 24.5 Å². The Morgan fingerprint density at radius 1 is 1.05 bits per heavy atom. The molecule has 0 saturated heterocycles. The van der Waals surface area contributed by atoms with Crippen molar-refractivity contribution in [1.29, 1.82) is 0 Å². The zero-order chi connectivity index (χ0) is 14.2. The molecule has 0 saturated carbocycles. The second-order valence-corrected chi connectivity index (χ2v) is 4.37. The van der Waals surface area contributed by atoms with Gasteiger partial charge in [0.15, 0.2) is 0 Å². The molecule has 5 heteroatoms. The molecule has 0 spiro atoms. The van der Waals surface area contributed by atoms with Crippen LogP contribution in [0.25, 0.3) is 0 Å². The normalized spacial score (nSPS) is 10.0. The van der Waals surface area contributed by atoms with Crippen LogP contribution in [0.2, 0.25) is 0 Å². The van der Waals surface area contributed by atoms with E-state index in [1.165, 1.54) is 0 Å². The molecule has 0 aliphatic carbocycles. The largest absolute Gasteiger partial charge is 0.367 e. The number of H-pyrrole nitrogens is 1. The van der Waals surface area contributed by atoms with E-state index in [0.717, 1.165) is 12.0 Å². The summed E-state index contributed by atoms with van der Waals surface area (Å²) < 4.78 is 0. The highest BCUT2D eigenvalue weighted by Gasteiger charge is 2.06. The van der Waals surface area contributed by atoms with Gasteiger partial charge in [-0.3, -0.25) is 9.59 Å². The van der Waals surface area contributed by atoms with Crippen LogP contribution in [0.4, 0.5) is 0 Å². The Balaban J connectivity index is 1.66. The fourth-order valence-electron chi connectivity index (χ4n) is 1.77. The average molecular weight is 271 g/mol. The molecule has 1 aromatic heterocycles. The number of hydrogen-bond acceptors (Lipinski definition) is 2. The van der Waals surface area contributed by atoms with Crippen LogP contribution < -0.4 is 10.6 Å². The molecule has 0 unspecified atom stereocenters. The zero-order valence-corrected chi connectivity index (χ0v) is 11.1. The van der Waals surface area contributed by atoms with Crippen LogP contribution >= 0.6 is 0 Å². The van der Waals surface area contributed by atoms with Crippen molar-refractivity contribution in [1.82, 2.24) is 15.6 Å². The van der Waals surface area contributed by atoms with Gasteiger partial charge in [0.1, 0.15) is 0 Å². The van der Waals surface area contributed by atoms with Gasteiger partial charge in [0.2, 0.25) is 5.91 Å². The van der Waals surface area contributed by atoms with E-state index in [0.29, 0.717) is 12.1 Å². The number of amides is 2. The molecule has 104 valence electrons. The number of nitrogens with one attached hydrogen (secondary N) is 3. The van der Waals surface area contributed by atoms with Crippen molar-refractivity contribution >= 4 is 11.8 Å². The zero-order valence-electron chi connectivity index (χ0n) is 11.1. The quantitative estimate of drug-likeness (QED) is 0.736. The van der Waals surface area contributed by atoms with Crippen LogP contribution in [0.1, 0.15) is 15.9 Å². The predicted molar refractivity (Wildman–Crippen MR) is 76.3 cm³/mol. The van der Waals surface area contributed by atoms with E-state index in [-0.39, 0.29) is 18.4 Å². The molecule has 3 N–H and O–H groups in total. The highest BCUT2D eigenvalue weighted by Crippen LogP contribution is 1.97. The summed E-state index contributed by atoms with van der Waals surface area (Å²) in [6.07, 6.45) is 4.50. The maximum absolute atomic E-state index is 11.7. The van der Waals surface area contributed by atoms with Crippen LogP contribution in [-0.2, 0) is 11.2 Å². The first-order valence-corrected chi connectivity index (χ1v) is 6.47. The Labute approximate surface area is 117 Å². The molecule has 20 heavy (non-hydrogen) atoms. The summed E-state index contributed by atoms with van der Waals surface area (Å²) in [7, 11) is 0. The molecular weight excluding hydrogens is 254 g/mol. The monoisotopic (exact) mass is 271 g/mol. The minimum absolute atomic E-state index is 0.0130. The van der Waals surface area contributed by atoms with E-state index < -0.39 is 0 Å². The second kappa shape index (κ2) is 7.13. The first kappa shape index (κ1) is 13.9. The molecule has 0 radical (unpaired) electrons. The third-order valence-corrected chi connectivity index (χ3v) is 2.84. The summed E-state index contributed by atoms with van der Waals surface area (Å²) in [5.41, 5.74) is 1.69. The van der Waals surface area contributed by atoms with Crippen molar-refractivity contribution in [2.75, 3.05) is 13.1 Å². The average Bonchev–Trinajstić information content (AvgIpc) is 2.99. The molecule has 2 amide bonds. The summed E-state index contributed by atoms with van der Waals surface area (Å²) in [4.78, 5) is 26.2. The first-order chi connectivity index (χ1) is 9.75. The summed E-state index contributed by atoms with van der Waals surface area (Å²) >= 11 is 0. The maximum Gasteiger partial charge on any atom is 0.251 e. The molecule has 0 bridgehead atoms. The lowest BCUT2D eigenvalue weighted by molar-refractivity contribution is -0.120. The first-order valence-electron chi connectivity index (χ1n) is 6.47. The molecular formula is C15H17N3O2. The third kappa shape index (κ3) is 4.28. The van der Waals surface area contributed by atoms with Gasteiger partial charge in [-0.05, 0) is 30.2 Å². The molecule has 1 heterocycles. The Morgan fingerprint density at radius 3 is 2.55 bits per heavy atom. The molecule has 0 aliphatic rings. The van der Waals surface area contributed by atoms with Gasteiger partial charge in [-0.2, -0.15) is 0 Å². The van der Waals surface area contributed by atoms with Crippen molar-refractivity contribution in [3.05, 3.63) is 59.9 Å². The van der Waals surface area contributed by atoms with Crippen molar-refractivity contribution in [2.24, 2.45) is 0 Å². The smallest absolute Gasteiger partial charge is 0.251 e. The Hall–Kier alpha value is -2.56. The van der Waals surface area contributed by atoms with Gasteiger partial charge in [0, 0.05) is 24.5 Å².